The fourth-order valence-electron chi connectivity index (χ4n) is 1.57. The molecule has 2 rings (SSSR count). The van der Waals surface area contributed by atoms with Gasteiger partial charge in [-0.1, -0.05) is 15.9 Å². The normalized spacial score (nSPS) is 10.5. The molecule has 0 radical (unpaired) electrons. The number of nitrogens with zero attached hydrogens (tertiary/aromatic N) is 3. The Morgan fingerprint density at radius 2 is 2.12 bits per heavy atom. The van der Waals surface area contributed by atoms with Crippen molar-refractivity contribution in [1.29, 1.82) is 0 Å². The van der Waals surface area contributed by atoms with E-state index in [9.17, 15) is 4.79 Å². The number of aryl methyl sites for hydroxylation is 2. The Hall–Kier alpha value is -1.69. The largest absolute Gasteiger partial charge is 0.475 e. The lowest BCUT2D eigenvalue weighted by molar-refractivity contribution is 0.0683. The lowest BCUT2D eigenvalue weighted by Gasteiger charge is -2.06. The second kappa shape index (κ2) is 4.29. The molecule has 0 bridgehead atoms. The van der Waals surface area contributed by atoms with Gasteiger partial charge in [-0.25, -0.2) is 14.5 Å². The Balaban J connectivity index is 2.56. The first-order chi connectivity index (χ1) is 7.99. The molecule has 0 amide bonds. The highest BCUT2D eigenvalue weighted by Gasteiger charge is 2.14. The maximum absolute atomic E-state index is 10.8. The summed E-state index contributed by atoms with van der Waals surface area (Å²) in [6, 6.07) is 5.69. The maximum atomic E-state index is 10.8. The lowest BCUT2D eigenvalue weighted by Crippen LogP contribution is -2.03. The van der Waals surface area contributed by atoms with Gasteiger partial charge in [0.1, 0.15) is 5.82 Å². The van der Waals surface area contributed by atoms with Crippen LogP contribution in [0.2, 0.25) is 0 Å². The molecular formula is C11H10BrN3O2. The first-order valence-corrected chi connectivity index (χ1v) is 5.72. The third kappa shape index (κ3) is 2.21. The van der Waals surface area contributed by atoms with Gasteiger partial charge >= 0.3 is 5.97 Å². The molecule has 88 valence electrons. The van der Waals surface area contributed by atoms with Crippen molar-refractivity contribution in [3.63, 3.8) is 0 Å². The quantitative estimate of drug-likeness (QED) is 0.923. The molecule has 1 N–H and O–H groups in total. The highest BCUT2D eigenvalue weighted by Crippen LogP contribution is 2.19. The number of aromatic nitrogens is 3. The van der Waals surface area contributed by atoms with Crippen LogP contribution in [0.4, 0.5) is 0 Å². The van der Waals surface area contributed by atoms with Crippen LogP contribution in [0, 0.1) is 13.8 Å². The van der Waals surface area contributed by atoms with E-state index in [4.69, 9.17) is 5.11 Å². The molecule has 0 aliphatic heterocycles. The molecule has 2 aromatic rings. The van der Waals surface area contributed by atoms with Crippen LogP contribution in [0.15, 0.2) is 22.7 Å². The lowest BCUT2D eigenvalue weighted by atomic mass is 10.2. The topological polar surface area (TPSA) is 68.0 Å². The minimum atomic E-state index is -1.12. The van der Waals surface area contributed by atoms with Crippen molar-refractivity contribution in [3.05, 3.63) is 39.9 Å². The van der Waals surface area contributed by atoms with E-state index in [0.29, 0.717) is 5.82 Å². The van der Waals surface area contributed by atoms with Crippen LogP contribution in [0.1, 0.15) is 22.0 Å². The van der Waals surface area contributed by atoms with E-state index < -0.39 is 5.97 Å². The third-order valence-corrected chi connectivity index (χ3v) is 2.84. The summed E-state index contributed by atoms with van der Waals surface area (Å²) < 4.78 is 2.50. The number of carboxylic acids is 1. The summed E-state index contributed by atoms with van der Waals surface area (Å²) in [4.78, 5) is 14.7. The number of hydrogen-bond acceptors (Lipinski definition) is 3. The summed E-state index contributed by atoms with van der Waals surface area (Å²) in [6.07, 6.45) is 0. The SMILES string of the molecule is Cc1cc(Br)ccc1-n1nc(C(=O)O)nc1C. The fraction of sp³-hybridized carbons (Fsp3) is 0.182. The number of carbonyl (C=O) groups is 1. The van der Waals surface area contributed by atoms with E-state index in [-0.39, 0.29) is 5.82 Å². The van der Waals surface area contributed by atoms with Gasteiger partial charge < -0.3 is 5.11 Å². The number of aromatic carboxylic acids is 1. The molecule has 0 saturated carbocycles. The zero-order valence-corrected chi connectivity index (χ0v) is 10.9. The van der Waals surface area contributed by atoms with Gasteiger partial charge in [0.15, 0.2) is 0 Å². The van der Waals surface area contributed by atoms with Gasteiger partial charge in [-0.15, -0.1) is 5.10 Å². The minimum Gasteiger partial charge on any atom is -0.475 e. The van der Waals surface area contributed by atoms with Crippen LogP contribution in [0.3, 0.4) is 0 Å². The molecule has 0 aliphatic carbocycles. The van der Waals surface area contributed by atoms with Crippen molar-refractivity contribution in [2.75, 3.05) is 0 Å². The van der Waals surface area contributed by atoms with Crippen LogP contribution in [0.25, 0.3) is 5.69 Å². The first-order valence-electron chi connectivity index (χ1n) is 4.92. The molecule has 0 aliphatic rings. The van der Waals surface area contributed by atoms with E-state index in [0.717, 1.165) is 15.7 Å². The van der Waals surface area contributed by atoms with Gasteiger partial charge in [-0.2, -0.15) is 0 Å². The zero-order valence-electron chi connectivity index (χ0n) is 9.31. The standard InChI is InChI=1S/C11H10BrN3O2/c1-6-5-8(12)3-4-9(6)15-7(2)13-10(14-15)11(16)17/h3-5H,1-2H3,(H,16,17). The van der Waals surface area contributed by atoms with Gasteiger partial charge in [-0.3, -0.25) is 0 Å². The molecule has 0 spiro atoms. The van der Waals surface area contributed by atoms with Crippen molar-refractivity contribution in [3.8, 4) is 5.69 Å². The van der Waals surface area contributed by atoms with Crippen molar-refractivity contribution in [1.82, 2.24) is 14.8 Å². The molecular weight excluding hydrogens is 286 g/mol. The van der Waals surface area contributed by atoms with E-state index in [2.05, 4.69) is 26.0 Å². The van der Waals surface area contributed by atoms with Crippen LogP contribution in [0.5, 0.6) is 0 Å². The van der Waals surface area contributed by atoms with Crippen LogP contribution in [-0.2, 0) is 0 Å². The summed E-state index contributed by atoms with van der Waals surface area (Å²) >= 11 is 3.38. The van der Waals surface area contributed by atoms with E-state index >= 15 is 0 Å². The van der Waals surface area contributed by atoms with Gasteiger partial charge in [0.05, 0.1) is 5.69 Å². The van der Waals surface area contributed by atoms with Crippen molar-refractivity contribution in [2.45, 2.75) is 13.8 Å². The summed E-state index contributed by atoms with van der Waals surface area (Å²) in [5, 5.41) is 12.8. The van der Waals surface area contributed by atoms with E-state index in [1.54, 1.807) is 6.92 Å². The molecule has 5 nitrogen and oxygen atoms in total. The minimum absolute atomic E-state index is 0.190. The van der Waals surface area contributed by atoms with Gasteiger partial charge in [0, 0.05) is 4.47 Å². The second-order valence-electron chi connectivity index (χ2n) is 3.63. The average molecular weight is 296 g/mol. The number of benzene rings is 1. The molecule has 1 aromatic heterocycles. The number of halogens is 1. The smallest absolute Gasteiger partial charge is 0.375 e. The summed E-state index contributed by atoms with van der Waals surface area (Å²) in [6.45, 7) is 3.66. The van der Waals surface area contributed by atoms with Gasteiger partial charge in [0.2, 0.25) is 0 Å². The molecule has 0 fully saturated rings. The third-order valence-electron chi connectivity index (χ3n) is 2.35. The Kier molecular flexibility index (Phi) is 2.97. The molecule has 6 heteroatoms. The van der Waals surface area contributed by atoms with Crippen molar-refractivity contribution < 1.29 is 9.90 Å². The monoisotopic (exact) mass is 295 g/mol. The van der Waals surface area contributed by atoms with E-state index in [1.807, 2.05) is 25.1 Å². The zero-order chi connectivity index (χ0) is 12.6. The Bertz CT molecular complexity index is 592. The average Bonchev–Trinajstić information content (AvgIpc) is 2.61. The highest BCUT2D eigenvalue weighted by atomic mass is 79.9. The predicted octanol–water partition coefficient (Wildman–Crippen LogP) is 2.34. The van der Waals surface area contributed by atoms with E-state index in [1.165, 1.54) is 4.68 Å². The molecule has 17 heavy (non-hydrogen) atoms. The van der Waals surface area contributed by atoms with Gasteiger partial charge in [-0.05, 0) is 37.6 Å². The highest BCUT2D eigenvalue weighted by molar-refractivity contribution is 9.10. The molecule has 1 heterocycles. The fourth-order valence-corrected chi connectivity index (χ4v) is 2.04. The van der Waals surface area contributed by atoms with Crippen LogP contribution >= 0.6 is 15.9 Å². The number of hydrogen-bond donors (Lipinski definition) is 1. The summed E-state index contributed by atoms with van der Waals surface area (Å²) in [7, 11) is 0. The predicted molar refractivity (Wildman–Crippen MR) is 65.5 cm³/mol. The maximum Gasteiger partial charge on any atom is 0.375 e. The van der Waals surface area contributed by atoms with Crippen LogP contribution < -0.4 is 0 Å². The molecule has 1 aromatic carbocycles. The van der Waals surface area contributed by atoms with Crippen molar-refractivity contribution in [2.24, 2.45) is 0 Å². The molecule has 0 atom stereocenters. The number of carboxylic acid groups (broad SMARTS) is 1. The Morgan fingerprint density at radius 1 is 1.41 bits per heavy atom. The number of rotatable bonds is 2. The Morgan fingerprint density at radius 3 is 2.65 bits per heavy atom. The van der Waals surface area contributed by atoms with Crippen LogP contribution in [-0.4, -0.2) is 25.8 Å². The van der Waals surface area contributed by atoms with Crippen molar-refractivity contribution >= 4 is 21.9 Å². The molecule has 0 saturated heterocycles. The second-order valence-corrected chi connectivity index (χ2v) is 4.55. The first kappa shape index (κ1) is 11.8. The van der Waals surface area contributed by atoms with Gasteiger partial charge in [0.25, 0.3) is 5.82 Å². The Labute approximate surface area is 106 Å². The summed E-state index contributed by atoms with van der Waals surface area (Å²) in [5.74, 6) is -0.765. The summed E-state index contributed by atoms with van der Waals surface area (Å²) in [5.41, 5.74) is 1.81. The molecule has 0 unspecified atom stereocenters.